The van der Waals surface area contributed by atoms with E-state index in [1.54, 1.807) is 18.2 Å². The van der Waals surface area contributed by atoms with Crippen LogP contribution in [0.1, 0.15) is 120 Å². The molecule has 0 radical (unpaired) electrons. The monoisotopic (exact) mass is 552 g/mol. The summed E-state index contributed by atoms with van der Waals surface area (Å²) in [6, 6.07) is 23.0. The Kier molecular flexibility index (Phi) is 7.19. The highest BCUT2D eigenvalue weighted by atomic mass is 16.1. The zero-order valence-corrected chi connectivity index (χ0v) is 24.1. The summed E-state index contributed by atoms with van der Waals surface area (Å²) in [5.74, 6) is -0.450. The lowest BCUT2D eigenvalue weighted by molar-refractivity contribution is 0.103. The van der Waals surface area contributed by atoms with Gasteiger partial charge in [0.05, 0.1) is 0 Å². The Balaban J connectivity index is 1.29. The van der Waals surface area contributed by atoms with Crippen molar-refractivity contribution in [1.29, 1.82) is 0 Å². The van der Waals surface area contributed by atoms with Crippen LogP contribution in [0, 0.1) is 0 Å². The molecule has 3 aliphatic rings. The minimum absolute atomic E-state index is 0.150. The number of fused-ring (bicyclic) bond motifs is 3. The lowest BCUT2D eigenvalue weighted by Gasteiger charge is -2.18. The normalized spacial score (nSPS) is 15.7. The van der Waals surface area contributed by atoms with E-state index in [4.69, 9.17) is 0 Å². The zero-order chi connectivity index (χ0) is 28.6. The van der Waals surface area contributed by atoms with Crippen molar-refractivity contribution in [3.05, 3.63) is 140 Å². The molecule has 0 fully saturated rings. The fourth-order valence-electron chi connectivity index (χ4n) is 7.14. The van der Waals surface area contributed by atoms with Crippen molar-refractivity contribution in [2.45, 2.75) is 77.0 Å². The Morgan fingerprint density at radius 1 is 0.310 bits per heavy atom. The molecule has 7 rings (SSSR count). The van der Waals surface area contributed by atoms with Gasteiger partial charge < -0.3 is 0 Å². The van der Waals surface area contributed by atoms with Crippen LogP contribution in [0.4, 0.5) is 0 Å². The summed E-state index contributed by atoms with van der Waals surface area (Å²) in [6.45, 7) is 0. The highest BCUT2D eigenvalue weighted by Gasteiger charge is 2.22. The Bertz CT molecular complexity index is 1530. The van der Waals surface area contributed by atoms with E-state index in [-0.39, 0.29) is 17.3 Å². The lowest BCUT2D eigenvalue weighted by atomic mass is 9.86. The largest absolute Gasteiger partial charge is 0.289 e. The molecule has 0 bridgehead atoms. The highest BCUT2D eigenvalue weighted by molar-refractivity contribution is 6.17. The molecule has 3 heteroatoms. The van der Waals surface area contributed by atoms with Crippen LogP contribution >= 0.6 is 0 Å². The molecule has 0 aromatic heterocycles. The molecule has 3 aliphatic carbocycles. The number of hydrogen-bond acceptors (Lipinski definition) is 3. The molecule has 0 saturated heterocycles. The summed E-state index contributed by atoms with van der Waals surface area (Å²) < 4.78 is 0. The number of hydrogen-bond donors (Lipinski definition) is 0. The summed E-state index contributed by atoms with van der Waals surface area (Å²) in [4.78, 5) is 41.7. The number of carbonyl (C=O) groups excluding carboxylic acids is 3. The third-order valence-corrected chi connectivity index (χ3v) is 9.55. The Hall–Kier alpha value is -4.11. The number of rotatable bonds is 6. The summed E-state index contributed by atoms with van der Waals surface area (Å²) >= 11 is 0. The summed E-state index contributed by atoms with van der Waals surface area (Å²) in [7, 11) is 0. The first-order valence-electron chi connectivity index (χ1n) is 15.7. The quantitative estimate of drug-likeness (QED) is 0.228. The number of benzene rings is 4. The van der Waals surface area contributed by atoms with Crippen molar-refractivity contribution in [3.63, 3.8) is 0 Å². The van der Waals surface area contributed by atoms with Gasteiger partial charge in [-0.05, 0) is 147 Å². The van der Waals surface area contributed by atoms with Crippen molar-refractivity contribution in [2.24, 2.45) is 0 Å². The molecule has 0 N–H and O–H groups in total. The average Bonchev–Trinajstić information content (AvgIpc) is 3.06. The zero-order valence-electron chi connectivity index (χ0n) is 24.1. The second-order valence-electron chi connectivity index (χ2n) is 12.4. The molecule has 0 unspecified atom stereocenters. The number of carbonyl (C=O) groups is 3. The van der Waals surface area contributed by atoms with Gasteiger partial charge in [-0.1, -0.05) is 36.4 Å². The third kappa shape index (κ3) is 5.17. The minimum Gasteiger partial charge on any atom is -0.289 e. The molecule has 0 spiro atoms. The Labute approximate surface area is 248 Å². The van der Waals surface area contributed by atoms with Crippen LogP contribution in [0.25, 0.3) is 0 Å². The first kappa shape index (κ1) is 26.8. The van der Waals surface area contributed by atoms with Crippen LogP contribution in [0.5, 0.6) is 0 Å². The van der Waals surface area contributed by atoms with Gasteiger partial charge in [-0.25, -0.2) is 0 Å². The molecule has 3 nitrogen and oxygen atoms in total. The van der Waals surface area contributed by atoms with Gasteiger partial charge >= 0.3 is 0 Å². The van der Waals surface area contributed by atoms with E-state index in [0.29, 0.717) is 33.4 Å². The first-order chi connectivity index (χ1) is 20.5. The van der Waals surface area contributed by atoms with Gasteiger partial charge in [-0.3, -0.25) is 14.4 Å². The van der Waals surface area contributed by atoms with E-state index in [2.05, 4.69) is 18.2 Å². The second-order valence-corrected chi connectivity index (χ2v) is 12.4. The van der Waals surface area contributed by atoms with Gasteiger partial charge in [0.1, 0.15) is 0 Å². The molecule has 4 aromatic rings. The van der Waals surface area contributed by atoms with Crippen LogP contribution in [-0.4, -0.2) is 17.3 Å². The molecule has 0 aliphatic heterocycles. The lowest BCUT2D eigenvalue weighted by Crippen LogP contribution is -2.13. The van der Waals surface area contributed by atoms with Gasteiger partial charge in [0.2, 0.25) is 0 Å². The van der Waals surface area contributed by atoms with Gasteiger partial charge in [0.25, 0.3) is 0 Å². The van der Waals surface area contributed by atoms with E-state index in [1.165, 1.54) is 52.6 Å². The highest BCUT2D eigenvalue weighted by Crippen LogP contribution is 2.28. The fraction of sp³-hybridized carbons (Fsp3) is 0.308. The average molecular weight is 553 g/mol. The fourth-order valence-corrected chi connectivity index (χ4v) is 7.14. The van der Waals surface area contributed by atoms with E-state index < -0.39 is 0 Å². The smallest absolute Gasteiger partial charge is 0.193 e. The van der Waals surface area contributed by atoms with Gasteiger partial charge in [-0.15, -0.1) is 0 Å². The van der Waals surface area contributed by atoms with Crippen molar-refractivity contribution in [3.8, 4) is 0 Å². The van der Waals surface area contributed by atoms with Gasteiger partial charge in [-0.2, -0.15) is 0 Å². The Morgan fingerprint density at radius 2 is 0.571 bits per heavy atom. The van der Waals surface area contributed by atoms with Gasteiger partial charge in [0, 0.05) is 33.4 Å². The third-order valence-electron chi connectivity index (χ3n) is 9.55. The van der Waals surface area contributed by atoms with Crippen LogP contribution in [0.3, 0.4) is 0 Å². The van der Waals surface area contributed by atoms with E-state index >= 15 is 0 Å². The molecule has 210 valence electrons. The number of aryl methyl sites for hydroxylation is 6. The Morgan fingerprint density at radius 3 is 0.857 bits per heavy atom. The van der Waals surface area contributed by atoms with Crippen molar-refractivity contribution < 1.29 is 14.4 Å². The summed E-state index contributed by atoms with van der Waals surface area (Å²) in [5, 5.41) is 0. The van der Waals surface area contributed by atoms with Crippen molar-refractivity contribution in [1.82, 2.24) is 0 Å². The van der Waals surface area contributed by atoms with E-state index in [1.807, 2.05) is 36.4 Å². The van der Waals surface area contributed by atoms with Crippen LogP contribution in [0.2, 0.25) is 0 Å². The van der Waals surface area contributed by atoms with Gasteiger partial charge in [0.15, 0.2) is 17.3 Å². The standard InChI is InChI=1S/C39H36O3/c40-37(31-16-13-25-7-1-4-10-28(25)19-31)34-22-35(38(41)32-17-14-26-8-2-5-11-29(26)20-32)24-36(23-34)39(42)33-18-15-27-9-3-6-12-30(27)21-33/h13-24H,1-12H2. The minimum atomic E-state index is -0.150. The predicted octanol–water partition coefficient (Wildman–Crippen LogP) is 8.02. The van der Waals surface area contributed by atoms with Crippen LogP contribution < -0.4 is 0 Å². The van der Waals surface area contributed by atoms with Crippen molar-refractivity contribution in [2.75, 3.05) is 0 Å². The SMILES string of the molecule is O=C(c1cc(C(=O)c2ccc3c(c2)CCCC3)cc(C(=O)c2ccc3c(c2)CCCC3)c1)c1ccc2c(c1)CCCC2. The van der Waals surface area contributed by atoms with E-state index in [0.717, 1.165) is 57.8 Å². The second kappa shape index (κ2) is 11.3. The van der Waals surface area contributed by atoms with Crippen molar-refractivity contribution >= 4 is 17.3 Å². The maximum atomic E-state index is 13.9. The maximum absolute atomic E-state index is 13.9. The molecule has 4 aromatic carbocycles. The van der Waals surface area contributed by atoms with Crippen LogP contribution in [-0.2, 0) is 38.5 Å². The van der Waals surface area contributed by atoms with E-state index in [9.17, 15) is 14.4 Å². The predicted molar refractivity (Wildman–Crippen MR) is 166 cm³/mol. The topological polar surface area (TPSA) is 51.2 Å². The maximum Gasteiger partial charge on any atom is 0.193 e. The number of ketones is 3. The molecule has 0 atom stereocenters. The molecule has 0 heterocycles. The summed E-state index contributed by atoms with van der Waals surface area (Å²) in [5.41, 5.74) is 10.6. The van der Waals surface area contributed by atoms with Crippen LogP contribution in [0.15, 0.2) is 72.8 Å². The molecule has 42 heavy (non-hydrogen) atoms. The molecule has 0 amide bonds. The molecular weight excluding hydrogens is 516 g/mol. The molecular formula is C39H36O3. The summed E-state index contributed by atoms with van der Waals surface area (Å²) in [6.07, 6.45) is 13.0. The molecule has 0 saturated carbocycles. The first-order valence-corrected chi connectivity index (χ1v) is 15.7.